The van der Waals surface area contributed by atoms with Gasteiger partial charge in [0.2, 0.25) is 0 Å². The smallest absolute Gasteiger partial charge is 0.306 e. The molecule has 0 amide bonds. The molecule has 0 radical (unpaired) electrons. The minimum atomic E-state index is -0.176. The van der Waals surface area contributed by atoms with E-state index in [1.54, 1.807) is 26.0 Å². The average Bonchev–Trinajstić information content (AvgIpc) is 2.67. The molecule has 0 aliphatic carbocycles. The third kappa shape index (κ3) is 6.02. The molecule has 134 valence electrons. The van der Waals surface area contributed by atoms with E-state index in [1.807, 2.05) is 24.3 Å². The third-order valence-corrected chi connectivity index (χ3v) is 5.20. The zero-order valence-electron chi connectivity index (χ0n) is 14.9. The number of rotatable bonds is 9. The molecule has 0 aliphatic rings. The molecule has 0 spiro atoms. The van der Waals surface area contributed by atoms with Crippen LogP contribution in [0.4, 0.5) is 0 Å². The first-order valence-corrected chi connectivity index (χ1v) is 9.16. The molecule has 0 heterocycles. The topological polar surface area (TPSA) is 44.8 Å². The van der Waals surface area contributed by atoms with Crippen molar-refractivity contribution in [3.8, 4) is 11.5 Å². The Labute approximate surface area is 153 Å². The number of thioether (sulfide) groups is 1. The summed E-state index contributed by atoms with van der Waals surface area (Å²) in [7, 11) is 4.75. The largest absolute Gasteiger partial charge is 0.497 e. The van der Waals surface area contributed by atoms with E-state index < -0.39 is 0 Å². The number of benzene rings is 2. The Balaban J connectivity index is 2.10. The molecule has 0 fully saturated rings. The van der Waals surface area contributed by atoms with Gasteiger partial charge in [0.25, 0.3) is 0 Å². The lowest BCUT2D eigenvalue weighted by Crippen LogP contribution is -2.05. The maximum absolute atomic E-state index is 11.4. The van der Waals surface area contributed by atoms with Crippen molar-refractivity contribution in [3.63, 3.8) is 0 Å². The quantitative estimate of drug-likeness (QED) is 0.625. The summed E-state index contributed by atoms with van der Waals surface area (Å²) in [5.74, 6) is 2.24. The van der Waals surface area contributed by atoms with Crippen LogP contribution in [0.2, 0.25) is 0 Å². The van der Waals surface area contributed by atoms with Gasteiger partial charge in [-0.2, -0.15) is 11.8 Å². The van der Waals surface area contributed by atoms with Gasteiger partial charge in [-0.3, -0.25) is 4.79 Å². The molecule has 0 aromatic heterocycles. The molecule has 4 nitrogen and oxygen atoms in total. The summed E-state index contributed by atoms with van der Waals surface area (Å²) >= 11 is 1.76. The van der Waals surface area contributed by atoms with E-state index >= 15 is 0 Å². The first-order valence-electron chi connectivity index (χ1n) is 8.11. The van der Waals surface area contributed by atoms with Crippen LogP contribution in [0.25, 0.3) is 0 Å². The van der Waals surface area contributed by atoms with Crippen LogP contribution in [0.5, 0.6) is 11.5 Å². The number of hydrogen-bond donors (Lipinski definition) is 0. The highest BCUT2D eigenvalue weighted by molar-refractivity contribution is 7.99. The molecule has 0 bridgehead atoms. The van der Waals surface area contributed by atoms with Gasteiger partial charge in [0, 0.05) is 11.0 Å². The number of carbonyl (C=O) groups is 1. The van der Waals surface area contributed by atoms with Gasteiger partial charge in [0.05, 0.1) is 27.8 Å². The van der Waals surface area contributed by atoms with Crippen molar-refractivity contribution in [2.45, 2.75) is 18.1 Å². The van der Waals surface area contributed by atoms with E-state index in [4.69, 9.17) is 14.2 Å². The van der Waals surface area contributed by atoms with Crippen molar-refractivity contribution < 1.29 is 19.0 Å². The monoisotopic (exact) mass is 360 g/mol. The Hall–Kier alpha value is -2.14. The molecule has 2 rings (SSSR count). The second-order valence-corrected chi connectivity index (χ2v) is 6.82. The Kier molecular flexibility index (Phi) is 7.67. The van der Waals surface area contributed by atoms with Crippen LogP contribution in [-0.2, 0) is 16.0 Å². The van der Waals surface area contributed by atoms with Gasteiger partial charge in [0.1, 0.15) is 11.5 Å². The number of ether oxygens (including phenoxy) is 3. The van der Waals surface area contributed by atoms with Crippen molar-refractivity contribution in [2.24, 2.45) is 0 Å². The molecule has 25 heavy (non-hydrogen) atoms. The molecule has 0 saturated heterocycles. The second-order valence-electron chi connectivity index (χ2n) is 5.51. The van der Waals surface area contributed by atoms with Crippen molar-refractivity contribution >= 4 is 17.7 Å². The Morgan fingerprint density at radius 3 is 2.00 bits per heavy atom. The predicted molar refractivity (Wildman–Crippen MR) is 102 cm³/mol. The van der Waals surface area contributed by atoms with Crippen LogP contribution in [0.1, 0.15) is 22.8 Å². The summed E-state index contributed by atoms with van der Waals surface area (Å²) in [4.78, 5) is 11.4. The van der Waals surface area contributed by atoms with Crippen LogP contribution in [-0.4, -0.2) is 33.1 Å². The fraction of sp³-hybridized carbons (Fsp3) is 0.350. The van der Waals surface area contributed by atoms with E-state index in [-0.39, 0.29) is 11.2 Å². The highest BCUT2D eigenvalue weighted by Gasteiger charge is 2.14. The number of methoxy groups -OCH3 is 3. The molecule has 0 saturated carbocycles. The van der Waals surface area contributed by atoms with Crippen LogP contribution in [0.3, 0.4) is 0 Å². The molecule has 5 heteroatoms. The maximum Gasteiger partial charge on any atom is 0.306 e. The summed E-state index contributed by atoms with van der Waals surface area (Å²) < 4.78 is 15.2. The zero-order chi connectivity index (χ0) is 18.1. The Morgan fingerprint density at radius 1 is 0.920 bits per heavy atom. The average molecular weight is 360 g/mol. The summed E-state index contributed by atoms with van der Waals surface area (Å²) in [6.07, 6.45) is 1.29. The van der Waals surface area contributed by atoms with E-state index in [2.05, 4.69) is 24.3 Å². The van der Waals surface area contributed by atoms with Crippen molar-refractivity contribution in [1.29, 1.82) is 0 Å². The Morgan fingerprint density at radius 2 is 1.48 bits per heavy atom. The van der Waals surface area contributed by atoms with Gasteiger partial charge in [-0.1, -0.05) is 24.3 Å². The van der Waals surface area contributed by atoms with Crippen molar-refractivity contribution in [3.05, 3.63) is 59.7 Å². The van der Waals surface area contributed by atoms with Crippen LogP contribution < -0.4 is 9.47 Å². The van der Waals surface area contributed by atoms with Crippen LogP contribution >= 0.6 is 11.8 Å². The van der Waals surface area contributed by atoms with E-state index in [1.165, 1.54) is 18.2 Å². The molecule has 1 atom stereocenters. The standard InChI is InChI=1S/C20H24O4S/c1-22-17-8-4-15(5-9-17)14-19(25-13-12-20(21)24-3)16-6-10-18(23-2)11-7-16/h4-11,19H,12-14H2,1-3H3/t19-/m1/s1. The van der Waals surface area contributed by atoms with Gasteiger partial charge in [0.15, 0.2) is 0 Å². The first kappa shape index (κ1) is 19.2. The normalized spacial score (nSPS) is 11.6. The van der Waals surface area contributed by atoms with Crippen LogP contribution in [0, 0.1) is 0 Å². The van der Waals surface area contributed by atoms with Gasteiger partial charge >= 0.3 is 5.97 Å². The fourth-order valence-electron chi connectivity index (χ4n) is 2.45. The van der Waals surface area contributed by atoms with E-state index in [0.29, 0.717) is 6.42 Å². The Bertz CT molecular complexity index is 652. The van der Waals surface area contributed by atoms with Gasteiger partial charge < -0.3 is 14.2 Å². The van der Waals surface area contributed by atoms with Crippen molar-refractivity contribution in [1.82, 2.24) is 0 Å². The lowest BCUT2D eigenvalue weighted by Gasteiger charge is -2.18. The molecule has 0 unspecified atom stereocenters. The fourth-order valence-corrected chi connectivity index (χ4v) is 3.68. The first-order chi connectivity index (χ1) is 12.2. The second kappa shape index (κ2) is 9.99. The zero-order valence-corrected chi connectivity index (χ0v) is 15.7. The molecule has 2 aromatic rings. The third-order valence-electron chi connectivity index (χ3n) is 3.92. The number of esters is 1. The van der Waals surface area contributed by atoms with E-state index in [9.17, 15) is 4.79 Å². The summed E-state index contributed by atoms with van der Waals surface area (Å²) in [5.41, 5.74) is 2.44. The van der Waals surface area contributed by atoms with Gasteiger partial charge in [-0.15, -0.1) is 0 Å². The maximum atomic E-state index is 11.4. The lowest BCUT2D eigenvalue weighted by molar-refractivity contribution is -0.140. The van der Waals surface area contributed by atoms with Gasteiger partial charge in [-0.05, 0) is 41.8 Å². The molecule has 0 N–H and O–H groups in total. The van der Waals surface area contributed by atoms with E-state index in [0.717, 1.165) is 23.7 Å². The molecule has 0 aliphatic heterocycles. The highest BCUT2D eigenvalue weighted by Crippen LogP contribution is 2.34. The minimum Gasteiger partial charge on any atom is -0.497 e. The van der Waals surface area contributed by atoms with Crippen LogP contribution in [0.15, 0.2) is 48.5 Å². The van der Waals surface area contributed by atoms with Crippen molar-refractivity contribution in [2.75, 3.05) is 27.1 Å². The molecular weight excluding hydrogens is 336 g/mol. The predicted octanol–water partition coefficient (Wildman–Crippen LogP) is 4.28. The lowest BCUT2D eigenvalue weighted by atomic mass is 10.0. The molecular formula is C20H24O4S. The SMILES string of the molecule is COC(=O)CCS[C@H](Cc1ccc(OC)cc1)c1ccc(OC)cc1. The molecule has 2 aromatic carbocycles. The number of carbonyl (C=O) groups excluding carboxylic acids is 1. The minimum absolute atomic E-state index is 0.176. The number of hydrogen-bond acceptors (Lipinski definition) is 5. The summed E-state index contributed by atoms with van der Waals surface area (Å²) in [6, 6.07) is 16.2. The van der Waals surface area contributed by atoms with Gasteiger partial charge in [-0.25, -0.2) is 0 Å². The summed E-state index contributed by atoms with van der Waals surface area (Å²) in [6.45, 7) is 0. The summed E-state index contributed by atoms with van der Waals surface area (Å²) in [5, 5.41) is 0.254. The highest BCUT2D eigenvalue weighted by atomic mass is 32.2.